The summed E-state index contributed by atoms with van der Waals surface area (Å²) in [6.45, 7) is 4.09. The van der Waals surface area contributed by atoms with Crippen molar-refractivity contribution in [2.24, 2.45) is 0 Å². The maximum atomic E-state index is 4.17. The Labute approximate surface area is 59.1 Å². The van der Waals surface area contributed by atoms with E-state index in [0.717, 1.165) is 5.69 Å². The Balaban J connectivity index is 3.04. The number of nitrogens with zero attached hydrogens (tertiary/aromatic N) is 1. The van der Waals surface area contributed by atoms with Crippen LogP contribution in [-0.2, 0) is 0 Å². The van der Waals surface area contributed by atoms with Gasteiger partial charge < -0.3 is 5.32 Å². The molecule has 1 N–H and O–H groups in total. The van der Waals surface area contributed by atoms with Gasteiger partial charge in [-0.15, -0.1) is 0 Å². The Morgan fingerprint density at radius 2 is 2.11 bits per heavy atom. The largest absolute Gasteiger partial charge is 0.379 e. The molecule has 2 nitrogen and oxygen atoms in total. The lowest BCUT2D eigenvalue weighted by Gasteiger charge is -1.92. The molecule has 0 aliphatic heterocycles. The van der Waals surface area contributed by atoms with Gasteiger partial charge in [0, 0.05) is 12.6 Å². The molecule has 0 aliphatic rings. The second kappa shape index (κ2) is 2.35. The molecule has 50 valence electrons. The van der Waals surface area contributed by atoms with E-state index in [1.165, 1.54) is 22.1 Å². The average Bonchev–Trinajstić information content (AvgIpc) is 2.15. The lowest BCUT2D eigenvalue weighted by molar-refractivity contribution is 1.27. The first kappa shape index (κ1) is 6.55. The highest BCUT2D eigenvalue weighted by molar-refractivity contribution is 7.10. The molecule has 0 radical (unpaired) electrons. The van der Waals surface area contributed by atoms with E-state index < -0.39 is 0 Å². The van der Waals surface area contributed by atoms with Crippen molar-refractivity contribution in [2.75, 3.05) is 12.4 Å². The second-order valence-electron chi connectivity index (χ2n) is 1.97. The molecule has 0 saturated heterocycles. The second-order valence-corrected chi connectivity index (χ2v) is 2.75. The zero-order valence-corrected chi connectivity index (χ0v) is 6.67. The van der Waals surface area contributed by atoms with Gasteiger partial charge in [0.1, 0.15) is 5.00 Å². The first-order chi connectivity index (χ1) is 4.25. The lowest BCUT2D eigenvalue weighted by atomic mass is 10.3. The number of aryl methyl sites for hydroxylation is 1. The maximum absolute atomic E-state index is 4.17. The lowest BCUT2D eigenvalue weighted by Crippen LogP contribution is -1.85. The third kappa shape index (κ3) is 1.05. The summed E-state index contributed by atoms with van der Waals surface area (Å²) in [7, 11) is 1.92. The van der Waals surface area contributed by atoms with Gasteiger partial charge in [-0.2, -0.15) is 4.37 Å². The summed E-state index contributed by atoms with van der Waals surface area (Å²) in [5.74, 6) is 0. The zero-order chi connectivity index (χ0) is 6.85. The molecule has 0 aromatic carbocycles. The summed E-state index contributed by atoms with van der Waals surface area (Å²) in [4.78, 5) is 0. The van der Waals surface area contributed by atoms with Crippen LogP contribution in [0.3, 0.4) is 0 Å². The number of hydrogen-bond acceptors (Lipinski definition) is 3. The molecule has 3 heteroatoms. The van der Waals surface area contributed by atoms with E-state index in [-0.39, 0.29) is 0 Å². The highest BCUT2D eigenvalue weighted by Crippen LogP contribution is 2.21. The van der Waals surface area contributed by atoms with Crippen LogP contribution in [0.25, 0.3) is 0 Å². The van der Waals surface area contributed by atoms with Crippen molar-refractivity contribution in [3.05, 3.63) is 11.3 Å². The van der Waals surface area contributed by atoms with E-state index in [1.54, 1.807) is 0 Å². The molecule has 0 fully saturated rings. The quantitative estimate of drug-likeness (QED) is 0.646. The summed E-state index contributed by atoms with van der Waals surface area (Å²) in [6.07, 6.45) is 0. The van der Waals surface area contributed by atoms with Gasteiger partial charge in [0.15, 0.2) is 0 Å². The molecule has 0 atom stereocenters. The molecular formula is C6H10N2S. The predicted molar refractivity (Wildman–Crippen MR) is 41.1 cm³/mol. The van der Waals surface area contributed by atoms with Gasteiger partial charge in [-0.05, 0) is 25.4 Å². The van der Waals surface area contributed by atoms with Crippen molar-refractivity contribution in [2.45, 2.75) is 13.8 Å². The monoisotopic (exact) mass is 142 g/mol. The summed E-state index contributed by atoms with van der Waals surface area (Å²) in [6, 6.07) is 0. The number of rotatable bonds is 1. The van der Waals surface area contributed by atoms with Crippen LogP contribution in [0.2, 0.25) is 0 Å². The van der Waals surface area contributed by atoms with Gasteiger partial charge in [-0.25, -0.2) is 0 Å². The minimum atomic E-state index is 1.13. The van der Waals surface area contributed by atoms with Crippen LogP contribution < -0.4 is 5.32 Å². The fraction of sp³-hybridized carbons (Fsp3) is 0.500. The van der Waals surface area contributed by atoms with Crippen molar-refractivity contribution in [1.29, 1.82) is 0 Å². The normalized spacial score (nSPS) is 9.67. The van der Waals surface area contributed by atoms with Gasteiger partial charge in [-0.1, -0.05) is 0 Å². The maximum Gasteiger partial charge on any atom is 0.112 e. The van der Waals surface area contributed by atoms with E-state index >= 15 is 0 Å². The van der Waals surface area contributed by atoms with Crippen molar-refractivity contribution in [3.8, 4) is 0 Å². The smallest absolute Gasteiger partial charge is 0.112 e. The van der Waals surface area contributed by atoms with E-state index in [9.17, 15) is 0 Å². The number of nitrogens with one attached hydrogen (secondary N) is 1. The summed E-state index contributed by atoms with van der Waals surface area (Å²) in [5, 5.41) is 4.25. The summed E-state index contributed by atoms with van der Waals surface area (Å²) in [5.41, 5.74) is 2.40. The van der Waals surface area contributed by atoms with E-state index in [1.807, 2.05) is 14.0 Å². The summed E-state index contributed by atoms with van der Waals surface area (Å²) < 4.78 is 4.17. The van der Waals surface area contributed by atoms with Crippen LogP contribution >= 0.6 is 11.5 Å². The highest BCUT2D eigenvalue weighted by atomic mass is 32.1. The molecule has 0 saturated carbocycles. The van der Waals surface area contributed by atoms with Crippen LogP contribution in [0.4, 0.5) is 5.00 Å². The standard InChI is InChI=1S/C6H10N2S/c1-4-5(2)8-9-6(4)7-3/h7H,1-3H3. The van der Waals surface area contributed by atoms with Crippen LogP contribution in [-0.4, -0.2) is 11.4 Å². The number of aromatic nitrogens is 1. The zero-order valence-electron chi connectivity index (χ0n) is 5.86. The Morgan fingerprint density at radius 1 is 1.44 bits per heavy atom. The molecule has 9 heavy (non-hydrogen) atoms. The van der Waals surface area contributed by atoms with Crippen molar-refractivity contribution in [1.82, 2.24) is 4.37 Å². The van der Waals surface area contributed by atoms with Gasteiger partial charge in [0.2, 0.25) is 0 Å². The van der Waals surface area contributed by atoms with Gasteiger partial charge in [0.25, 0.3) is 0 Å². The van der Waals surface area contributed by atoms with Crippen molar-refractivity contribution < 1.29 is 0 Å². The Bertz CT molecular complexity index is 205. The molecule has 0 spiro atoms. The van der Waals surface area contributed by atoms with Gasteiger partial charge >= 0.3 is 0 Å². The fourth-order valence-electron chi connectivity index (χ4n) is 0.648. The highest BCUT2D eigenvalue weighted by Gasteiger charge is 2.01. The van der Waals surface area contributed by atoms with Crippen molar-refractivity contribution >= 4 is 16.5 Å². The van der Waals surface area contributed by atoms with E-state index in [0.29, 0.717) is 0 Å². The van der Waals surface area contributed by atoms with Crippen molar-refractivity contribution in [3.63, 3.8) is 0 Å². The Morgan fingerprint density at radius 3 is 2.33 bits per heavy atom. The van der Waals surface area contributed by atoms with Gasteiger partial charge in [-0.3, -0.25) is 0 Å². The first-order valence-electron chi connectivity index (χ1n) is 2.86. The SMILES string of the molecule is CNc1snc(C)c1C. The minimum Gasteiger partial charge on any atom is -0.379 e. The molecule has 0 amide bonds. The van der Waals surface area contributed by atoms with Crippen LogP contribution in [0, 0.1) is 13.8 Å². The van der Waals surface area contributed by atoms with E-state index in [4.69, 9.17) is 0 Å². The Kier molecular flexibility index (Phi) is 1.71. The fourth-order valence-corrected chi connectivity index (χ4v) is 1.39. The molecule has 1 aromatic heterocycles. The number of hydrogen-bond donors (Lipinski definition) is 1. The molecule has 0 unspecified atom stereocenters. The molecule has 1 heterocycles. The molecule has 0 aliphatic carbocycles. The Hall–Kier alpha value is -0.570. The predicted octanol–water partition coefficient (Wildman–Crippen LogP) is 1.80. The van der Waals surface area contributed by atoms with Gasteiger partial charge in [0.05, 0.1) is 5.69 Å². The summed E-state index contributed by atoms with van der Waals surface area (Å²) >= 11 is 1.52. The molecule has 0 bridgehead atoms. The minimum absolute atomic E-state index is 1.13. The first-order valence-corrected chi connectivity index (χ1v) is 3.63. The third-order valence-electron chi connectivity index (χ3n) is 1.38. The van der Waals surface area contributed by atoms with Crippen LogP contribution in [0.5, 0.6) is 0 Å². The molecule has 1 aromatic rings. The molecule has 1 rings (SSSR count). The molecular weight excluding hydrogens is 132 g/mol. The van der Waals surface area contributed by atoms with Crippen LogP contribution in [0.1, 0.15) is 11.3 Å². The third-order valence-corrected chi connectivity index (χ3v) is 2.44. The average molecular weight is 142 g/mol. The topological polar surface area (TPSA) is 24.9 Å². The van der Waals surface area contributed by atoms with Crippen LogP contribution in [0.15, 0.2) is 0 Å². The van der Waals surface area contributed by atoms with E-state index in [2.05, 4.69) is 16.6 Å². The number of anilines is 1.